The van der Waals surface area contributed by atoms with Gasteiger partial charge in [0.1, 0.15) is 11.9 Å². The lowest BCUT2D eigenvalue weighted by Crippen LogP contribution is -2.55. The number of benzene rings is 2. The zero-order valence-electron chi connectivity index (χ0n) is 30.0. The lowest BCUT2D eigenvalue weighted by atomic mass is 9.98. The van der Waals surface area contributed by atoms with Gasteiger partial charge in [0.2, 0.25) is 0 Å². The van der Waals surface area contributed by atoms with E-state index >= 15 is 0 Å². The Hall–Kier alpha value is -3.47. The summed E-state index contributed by atoms with van der Waals surface area (Å²) in [6.07, 6.45) is 8.51. The van der Waals surface area contributed by atoms with E-state index in [0.29, 0.717) is 23.5 Å². The summed E-state index contributed by atoms with van der Waals surface area (Å²) < 4.78 is 30.9. The topological polar surface area (TPSA) is 113 Å². The Labute approximate surface area is 292 Å². The van der Waals surface area contributed by atoms with Crippen LogP contribution < -0.4 is 10.1 Å². The molecule has 10 heteroatoms. The highest BCUT2D eigenvalue weighted by molar-refractivity contribution is 5.96. The molecule has 1 N–H and O–H groups in total. The monoisotopic (exact) mass is 680 g/mol. The molecule has 2 aliphatic heterocycles. The lowest BCUT2D eigenvalue weighted by Gasteiger charge is -2.38. The van der Waals surface area contributed by atoms with Crippen molar-refractivity contribution in [3.05, 3.63) is 60.2 Å². The van der Waals surface area contributed by atoms with E-state index in [1.165, 1.54) is 45.4 Å². The van der Waals surface area contributed by atoms with Crippen molar-refractivity contribution < 1.29 is 38.1 Å². The molecule has 0 bridgehead atoms. The number of hydrogen-bond acceptors (Lipinski definition) is 8. The molecule has 0 radical (unpaired) electrons. The molecule has 2 heterocycles. The van der Waals surface area contributed by atoms with Gasteiger partial charge in [0.05, 0.1) is 19.1 Å². The van der Waals surface area contributed by atoms with Crippen molar-refractivity contribution in [2.45, 2.75) is 142 Å². The first-order valence-electron chi connectivity index (χ1n) is 18.2. The van der Waals surface area contributed by atoms with Crippen LogP contribution in [-0.2, 0) is 23.7 Å². The zero-order valence-corrected chi connectivity index (χ0v) is 30.0. The van der Waals surface area contributed by atoms with Crippen LogP contribution >= 0.6 is 0 Å². The highest BCUT2D eigenvalue weighted by Gasteiger charge is 2.59. The van der Waals surface area contributed by atoms with Gasteiger partial charge in [-0.2, -0.15) is 0 Å². The third kappa shape index (κ3) is 11.5. The van der Waals surface area contributed by atoms with Crippen LogP contribution in [-0.4, -0.2) is 72.3 Å². The maximum absolute atomic E-state index is 14.3. The molecule has 4 rings (SSSR count). The van der Waals surface area contributed by atoms with Gasteiger partial charge < -0.3 is 33.9 Å². The van der Waals surface area contributed by atoms with Gasteiger partial charge in [-0.3, -0.25) is 9.59 Å². The second-order valence-electron chi connectivity index (χ2n) is 13.5. The molecular formula is C39H56N2O8. The third-order valence-electron chi connectivity index (χ3n) is 9.04. The third-order valence-corrected chi connectivity index (χ3v) is 9.04. The van der Waals surface area contributed by atoms with Crippen molar-refractivity contribution in [3.8, 4) is 5.75 Å². The zero-order chi connectivity index (χ0) is 35.2. The molecule has 2 aromatic carbocycles. The summed E-state index contributed by atoms with van der Waals surface area (Å²) in [5, 5.41) is 2.98. The minimum absolute atomic E-state index is 0.103. The Kier molecular flexibility index (Phi) is 14.9. The number of unbranched alkanes of at least 4 members (excludes halogenated alkanes) is 9. The fourth-order valence-electron chi connectivity index (χ4n) is 6.60. The van der Waals surface area contributed by atoms with Gasteiger partial charge in [-0.1, -0.05) is 95.0 Å². The summed E-state index contributed by atoms with van der Waals surface area (Å²) in [5.41, 5.74) is 0.970. The van der Waals surface area contributed by atoms with Crippen LogP contribution in [0.1, 0.15) is 116 Å². The average molecular weight is 681 g/mol. The molecule has 1 unspecified atom stereocenters. The van der Waals surface area contributed by atoms with E-state index in [1.54, 1.807) is 36.1 Å². The van der Waals surface area contributed by atoms with E-state index in [4.69, 9.17) is 23.7 Å². The summed E-state index contributed by atoms with van der Waals surface area (Å²) >= 11 is 0. The van der Waals surface area contributed by atoms with Crippen LogP contribution in [0.3, 0.4) is 0 Å². The maximum atomic E-state index is 14.3. The van der Waals surface area contributed by atoms with Crippen molar-refractivity contribution in [2.24, 2.45) is 0 Å². The maximum Gasteiger partial charge on any atom is 0.322 e. The van der Waals surface area contributed by atoms with Gasteiger partial charge in [0, 0.05) is 17.8 Å². The largest absolute Gasteiger partial charge is 0.485 e. The highest BCUT2D eigenvalue weighted by Crippen LogP contribution is 2.41. The molecular weight excluding hydrogens is 624 g/mol. The number of carbonyl (C=O) groups excluding carboxylic acids is 3. The molecule has 270 valence electrons. The number of amides is 2. The molecule has 2 fully saturated rings. The van der Waals surface area contributed by atoms with Crippen molar-refractivity contribution in [3.63, 3.8) is 0 Å². The Balaban J connectivity index is 1.59. The predicted octanol–water partition coefficient (Wildman–Crippen LogP) is 8.29. The molecule has 2 aromatic rings. The second-order valence-corrected chi connectivity index (χ2v) is 13.5. The van der Waals surface area contributed by atoms with Crippen molar-refractivity contribution in [1.82, 2.24) is 4.90 Å². The van der Waals surface area contributed by atoms with E-state index < -0.39 is 48.4 Å². The van der Waals surface area contributed by atoms with E-state index in [-0.39, 0.29) is 18.8 Å². The van der Waals surface area contributed by atoms with E-state index in [9.17, 15) is 14.4 Å². The summed E-state index contributed by atoms with van der Waals surface area (Å²) in [6, 6.07) is 15.0. The normalized spacial score (nSPS) is 21.5. The number of esters is 1. The first-order chi connectivity index (χ1) is 23.6. The standard InChI is InChI=1S/C39H56N2O8/c1-6-8-9-10-11-12-13-14-15-19-25-41(38(44)40-30-22-20-21-29(26-30)28(3)42)32(27-33(43)45-7-2)34-35(46-31-23-17-16-18-24-31)36-37(47-34)49-39(4,5)48-36/h16-18,20-24,26,32,34-37H,6-15,19,25,27H2,1-5H3,(H,40,44)/t32-,34?,35-,36+,37+/m0/s1. The minimum Gasteiger partial charge on any atom is -0.485 e. The molecule has 2 aliphatic rings. The Bertz CT molecular complexity index is 1340. The Morgan fingerprint density at radius 1 is 0.878 bits per heavy atom. The molecule has 49 heavy (non-hydrogen) atoms. The molecule has 2 saturated heterocycles. The number of anilines is 1. The summed E-state index contributed by atoms with van der Waals surface area (Å²) in [7, 11) is 0. The molecule has 5 atom stereocenters. The Morgan fingerprint density at radius 2 is 1.55 bits per heavy atom. The molecule has 0 aliphatic carbocycles. The molecule has 0 saturated carbocycles. The fraction of sp³-hybridized carbons (Fsp3) is 0.615. The first-order valence-corrected chi connectivity index (χ1v) is 18.2. The number of fused-ring (bicyclic) bond motifs is 1. The first kappa shape index (κ1) is 38.3. The molecule has 10 nitrogen and oxygen atoms in total. The summed E-state index contributed by atoms with van der Waals surface area (Å²) in [6.45, 7) is 9.69. The SMILES string of the molecule is CCCCCCCCCCCCN(C(=O)Nc1cccc(C(C)=O)c1)[C@@H](CC(=O)OCC)C1O[C@@H]2OC(C)(C)O[C@@H]2[C@H]1Oc1ccccc1. The van der Waals surface area contributed by atoms with E-state index in [1.807, 2.05) is 44.2 Å². The summed E-state index contributed by atoms with van der Waals surface area (Å²) in [5.74, 6) is -0.845. The highest BCUT2D eigenvalue weighted by atomic mass is 16.8. The number of ether oxygens (including phenoxy) is 5. The van der Waals surface area contributed by atoms with E-state index in [0.717, 1.165) is 25.7 Å². The number of hydrogen-bond donors (Lipinski definition) is 1. The molecule has 2 amide bonds. The van der Waals surface area contributed by atoms with Gasteiger partial charge in [0.25, 0.3) is 0 Å². The fourth-order valence-corrected chi connectivity index (χ4v) is 6.60. The van der Waals surface area contributed by atoms with Crippen LogP contribution in [0.15, 0.2) is 54.6 Å². The van der Waals surface area contributed by atoms with Crippen LogP contribution in [0.4, 0.5) is 10.5 Å². The van der Waals surface area contributed by atoms with Crippen LogP contribution in [0.25, 0.3) is 0 Å². The minimum atomic E-state index is -0.899. The van der Waals surface area contributed by atoms with Crippen LogP contribution in [0.5, 0.6) is 5.75 Å². The number of para-hydroxylation sites is 1. The smallest absolute Gasteiger partial charge is 0.322 e. The van der Waals surface area contributed by atoms with Crippen molar-refractivity contribution in [1.29, 1.82) is 0 Å². The van der Waals surface area contributed by atoms with Crippen molar-refractivity contribution >= 4 is 23.5 Å². The number of ketones is 1. The number of carbonyl (C=O) groups is 3. The van der Waals surface area contributed by atoms with Gasteiger partial charge in [-0.05, 0) is 58.4 Å². The molecule has 0 aromatic heterocycles. The number of rotatable bonds is 20. The van der Waals surface area contributed by atoms with Gasteiger partial charge in [0.15, 0.2) is 30.1 Å². The van der Waals surface area contributed by atoms with Crippen molar-refractivity contribution in [2.75, 3.05) is 18.5 Å². The average Bonchev–Trinajstić information content (AvgIpc) is 3.55. The number of Topliss-reactive ketones (excluding diaryl/α,β-unsaturated/α-hetero) is 1. The van der Waals surface area contributed by atoms with Crippen LogP contribution in [0.2, 0.25) is 0 Å². The molecule has 0 spiro atoms. The number of urea groups is 1. The van der Waals surface area contributed by atoms with E-state index in [2.05, 4.69) is 12.2 Å². The van der Waals surface area contributed by atoms with Gasteiger partial charge >= 0.3 is 12.0 Å². The second kappa shape index (κ2) is 19.1. The number of nitrogens with zero attached hydrogens (tertiary/aromatic N) is 1. The van der Waals surface area contributed by atoms with Gasteiger partial charge in [-0.25, -0.2) is 4.79 Å². The quantitative estimate of drug-likeness (QED) is 0.0845. The summed E-state index contributed by atoms with van der Waals surface area (Å²) in [4.78, 5) is 41.2. The lowest BCUT2D eigenvalue weighted by molar-refractivity contribution is -0.219. The number of nitrogens with one attached hydrogen (secondary N) is 1. The van der Waals surface area contributed by atoms with Crippen LogP contribution in [0, 0.1) is 0 Å². The predicted molar refractivity (Wildman–Crippen MR) is 189 cm³/mol. The van der Waals surface area contributed by atoms with Gasteiger partial charge in [-0.15, -0.1) is 0 Å². The Morgan fingerprint density at radius 3 is 2.20 bits per heavy atom.